The number of rotatable bonds is 19. The molecule has 13 nitrogen and oxygen atoms in total. The molecule has 1 unspecified atom stereocenters. The van der Waals surface area contributed by atoms with Gasteiger partial charge < -0.3 is 28.0 Å². The van der Waals surface area contributed by atoms with Crippen molar-refractivity contribution in [1.82, 2.24) is 19.1 Å². The molecule has 2 aliphatic rings. The van der Waals surface area contributed by atoms with Crippen molar-refractivity contribution in [1.29, 1.82) is 5.26 Å². The largest absolute Gasteiger partial charge is 0.497 e. The molecule has 0 bridgehead atoms. The Bertz CT molecular complexity index is 2040. The molecule has 1 aliphatic carbocycles. The van der Waals surface area contributed by atoms with Crippen LogP contribution in [0.2, 0.25) is 0 Å². The summed E-state index contributed by atoms with van der Waals surface area (Å²) in [6.45, 7) is 9.53. The monoisotopic (exact) mass is 841 g/mol. The molecule has 3 atom stereocenters. The molecule has 6 rings (SSSR count). The number of benzene rings is 3. The summed E-state index contributed by atoms with van der Waals surface area (Å²) in [5.41, 5.74) is -0.802. The first-order valence-electron chi connectivity index (χ1n) is 21.0. The van der Waals surface area contributed by atoms with E-state index >= 15 is 0 Å². The third-order valence-electron chi connectivity index (χ3n) is 11.3. The van der Waals surface area contributed by atoms with E-state index in [-0.39, 0.29) is 44.4 Å². The number of morpholine rings is 1. The molecule has 1 N–H and O–H groups in total. The van der Waals surface area contributed by atoms with Crippen LogP contribution in [-0.2, 0) is 24.1 Å². The number of nitrogens with one attached hydrogen (secondary N) is 1. The molecule has 60 heavy (non-hydrogen) atoms. The van der Waals surface area contributed by atoms with Gasteiger partial charge in [0.25, 0.3) is 14.1 Å². The van der Waals surface area contributed by atoms with Crippen LogP contribution in [0.4, 0.5) is 0 Å². The number of hydrogen-bond donors (Lipinski definition) is 1. The predicted molar refractivity (Wildman–Crippen MR) is 232 cm³/mol. The number of hydrogen-bond acceptors (Lipinski definition) is 11. The second-order valence-electron chi connectivity index (χ2n) is 16.1. The summed E-state index contributed by atoms with van der Waals surface area (Å²) in [5, 5.41) is 9.44. The second-order valence-corrected chi connectivity index (χ2v) is 17.6. The van der Waals surface area contributed by atoms with Crippen LogP contribution in [0, 0.1) is 11.3 Å². The second kappa shape index (κ2) is 20.9. The zero-order chi connectivity index (χ0) is 42.7. The van der Waals surface area contributed by atoms with Crippen molar-refractivity contribution in [2.75, 3.05) is 47.1 Å². The van der Waals surface area contributed by atoms with Crippen LogP contribution < -0.4 is 20.7 Å². The van der Waals surface area contributed by atoms with Gasteiger partial charge in [-0.05, 0) is 81.5 Å². The maximum Gasteiger partial charge on any atom is 0.330 e. The average molecular weight is 842 g/mol. The zero-order valence-corrected chi connectivity index (χ0v) is 36.6. The van der Waals surface area contributed by atoms with Crippen LogP contribution in [0.1, 0.15) is 89.1 Å². The highest BCUT2D eigenvalue weighted by Crippen LogP contribution is 2.49. The Morgan fingerprint density at radius 3 is 2.00 bits per heavy atom. The van der Waals surface area contributed by atoms with E-state index in [4.69, 9.17) is 28.0 Å². The van der Waals surface area contributed by atoms with Crippen molar-refractivity contribution in [3.63, 3.8) is 0 Å². The molecule has 3 aromatic carbocycles. The SMILES string of the molecule is COc1ccc(C(OC[C@@]2(COP(OCCC#N)N(C(C)C)C(C)C)CN(C3CCCCC3)C[C@H](n3ccc(=O)[nH]c3=O)O2)(c2ccccc2)c2ccc(OC)cc2)cc1. The van der Waals surface area contributed by atoms with E-state index in [2.05, 4.69) is 60.5 Å². The minimum Gasteiger partial charge on any atom is -0.497 e. The summed E-state index contributed by atoms with van der Waals surface area (Å²) in [5.74, 6) is 1.41. The topological polar surface area (TPSA) is 141 Å². The minimum absolute atomic E-state index is 0.0164. The number of nitrogens with zero attached hydrogens (tertiary/aromatic N) is 4. The molecule has 1 saturated carbocycles. The fourth-order valence-electron chi connectivity index (χ4n) is 8.52. The van der Waals surface area contributed by atoms with Crippen LogP contribution >= 0.6 is 8.53 Å². The Kier molecular flexibility index (Phi) is 15.8. The molecule has 1 aliphatic heterocycles. The molecule has 2 heterocycles. The average Bonchev–Trinajstić information content (AvgIpc) is 3.26. The highest BCUT2D eigenvalue weighted by molar-refractivity contribution is 7.44. The molecular weight excluding hydrogens is 782 g/mol. The quantitative estimate of drug-likeness (QED) is 0.0563. The highest BCUT2D eigenvalue weighted by atomic mass is 31.2. The number of aromatic amines is 1. The maximum atomic E-state index is 13.5. The van der Waals surface area contributed by atoms with Gasteiger partial charge in [0.05, 0.1) is 46.5 Å². The third-order valence-corrected chi connectivity index (χ3v) is 13.4. The van der Waals surface area contributed by atoms with Crippen molar-refractivity contribution in [2.45, 2.75) is 102 Å². The van der Waals surface area contributed by atoms with Crippen LogP contribution in [-0.4, -0.2) is 90.0 Å². The van der Waals surface area contributed by atoms with E-state index in [0.717, 1.165) is 42.4 Å². The van der Waals surface area contributed by atoms with Gasteiger partial charge in [0, 0.05) is 43.5 Å². The number of aromatic nitrogens is 2. The number of H-pyrrole nitrogens is 1. The smallest absolute Gasteiger partial charge is 0.330 e. The van der Waals surface area contributed by atoms with Gasteiger partial charge in [-0.1, -0.05) is 73.9 Å². The summed E-state index contributed by atoms with van der Waals surface area (Å²) in [6, 6.07) is 29.8. The summed E-state index contributed by atoms with van der Waals surface area (Å²) in [7, 11) is 1.61. The first-order chi connectivity index (χ1) is 29.0. The standard InChI is InChI=1S/C46H60N5O8P/c1-34(2)51(35(3)4)60(57-29-13-27-47)58-33-45(31-49(39-16-11-8-12-17-39)30-43(59-45)50-28-26-42(52)48-44(50)53)32-56-46(36-14-9-7-10-15-36,37-18-22-40(54-5)23-19-37)38-20-24-41(55-6)25-21-38/h7,9-10,14-15,18-26,28,34-35,39,43H,8,11-13,16-17,29-33H2,1-6H3,(H,48,52,53)/t43-,45-,60?/m1/s1. The molecule has 1 aromatic heterocycles. The summed E-state index contributed by atoms with van der Waals surface area (Å²) >= 11 is 0. The van der Waals surface area contributed by atoms with E-state index in [1.165, 1.54) is 23.3 Å². The lowest BCUT2D eigenvalue weighted by Crippen LogP contribution is -2.62. The van der Waals surface area contributed by atoms with Gasteiger partial charge in [-0.2, -0.15) is 5.26 Å². The molecular formula is C46H60N5O8P. The van der Waals surface area contributed by atoms with Crippen LogP contribution in [0.15, 0.2) is 101 Å². The lowest BCUT2D eigenvalue weighted by molar-refractivity contribution is -0.234. The molecule has 0 spiro atoms. The summed E-state index contributed by atoms with van der Waals surface area (Å²) in [4.78, 5) is 30.7. The fraction of sp³-hybridized carbons (Fsp3) is 0.500. The van der Waals surface area contributed by atoms with Crippen molar-refractivity contribution < 1.29 is 28.0 Å². The minimum atomic E-state index is -1.68. The number of nitriles is 1. The Balaban J connectivity index is 1.52. The van der Waals surface area contributed by atoms with E-state index < -0.39 is 37.2 Å². The Morgan fingerprint density at radius 2 is 1.45 bits per heavy atom. The van der Waals surface area contributed by atoms with E-state index in [1.54, 1.807) is 14.2 Å². The summed E-state index contributed by atoms with van der Waals surface area (Å²) < 4.78 is 43.1. The van der Waals surface area contributed by atoms with Crippen LogP contribution in [0.5, 0.6) is 11.5 Å². The summed E-state index contributed by atoms with van der Waals surface area (Å²) in [6.07, 6.45) is 6.33. The maximum absolute atomic E-state index is 13.5. The van der Waals surface area contributed by atoms with E-state index in [0.29, 0.717) is 24.6 Å². The Morgan fingerprint density at radius 1 is 0.850 bits per heavy atom. The molecule has 4 aromatic rings. The molecule has 322 valence electrons. The third kappa shape index (κ3) is 10.6. The van der Waals surface area contributed by atoms with Gasteiger partial charge in [-0.15, -0.1) is 0 Å². The molecule has 0 radical (unpaired) electrons. The van der Waals surface area contributed by atoms with Crippen LogP contribution in [0.3, 0.4) is 0 Å². The normalized spacial score (nSPS) is 19.7. The van der Waals surface area contributed by atoms with Crippen molar-refractivity contribution in [2.24, 2.45) is 0 Å². The van der Waals surface area contributed by atoms with E-state index in [9.17, 15) is 14.9 Å². The first-order valence-corrected chi connectivity index (χ1v) is 22.1. The first kappa shape index (κ1) is 45.2. The Labute approximate surface area is 355 Å². The number of ether oxygens (including phenoxy) is 4. The van der Waals surface area contributed by atoms with Gasteiger partial charge in [0.15, 0.2) is 6.23 Å². The lowest BCUT2D eigenvalue weighted by Gasteiger charge is -2.50. The molecule has 2 fully saturated rings. The Hall–Kier alpha value is -4.38. The van der Waals surface area contributed by atoms with Gasteiger partial charge in [-0.3, -0.25) is 19.2 Å². The fourth-order valence-corrected chi connectivity index (χ4v) is 10.2. The van der Waals surface area contributed by atoms with Gasteiger partial charge in [0.2, 0.25) is 0 Å². The predicted octanol–water partition coefficient (Wildman–Crippen LogP) is 7.76. The van der Waals surface area contributed by atoms with E-state index in [1.807, 2.05) is 66.7 Å². The van der Waals surface area contributed by atoms with Crippen molar-refractivity contribution in [3.05, 3.63) is 129 Å². The van der Waals surface area contributed by atoms with Gasteiger partial charge in [-0.25, -0.2) is 9.46 Å². The molecule has 14 heteroatoms. The number of methoxy groups -OCH3 is 2. The van der Waals surface area contributed by atoms with Gasteiger partial charge in [0.1, 0.15) is 22.7 Å². The highest BCUT2D eigenvalue weighted by Gasteiger charge is 2.49. The molecule has 0 amide bonds. The van der Waals surface area contributed by atoms with Crippen molar-refractivity contribution in [3.8, 4) is 17.6 Å². The van der Waals surface area contributed by atoms with Gasteiger partial charge >= 0.3 is 5.69 Å². The lowest BCUT2D eigenvalue weighted by atomic mass is 9.79. The van der Waals surface area contributed by atoms with Crippen molar-refractivity contribution >= 4 is 8.53 Å². The molecule has 1 saturated heterocycles. The van der Waals surface area contributed by atoms with Crippen LogP contribution in [0.25, 0.3) is 0 Å². The zero-order valence-electron chi connectivity index (χ0n) is 35.7.